The molecule has 0 aromatic carbocycles. The molecule has 0 aromatic rings. The first kappa shape index (κ1) is 52.4. The van der Waals surface area contributed by atoms with E-state index in [0.717, 1.165) is 76.0 Å². The van der Waals surface area contributed by atoms with Crippen molar-refractivity contribution in [2.45, 2.75) is 265 Å². The number of hydrogen-bond acceptors (Lipinski definition) is 6. The van der Waals surface area contributed by atoms with Gasteiger partial charge < -0.3 is 14.2 Å². The Balaban J connectivity index is 4.15. The molecule has 0 saturated carbocycles. The van der Waals surface area contributed by atoms with E-state index in [1.165, 1.54) is 141 Å². The molecule has 0 bridgehead atoms. The van der Waals surface area contributed by atoms with Crippen molar-refractivity contribution in [1.29, 1.82) is 0 Å². The lowest BCUT2D eigenvalue weighted by Gasteiger charge is -2.18. The minimum atomic E-state index is -0.759. The lowest BCUT2D eigenvalue weighted by Crippen LogP contribution is -2.30. The average molecular weight is 765 g/mol. The van der Waals surface area contributed by atoms with E-state index in [1.54, 1.807) is 0 Å². The van der Waals surface area contributed by atoms with Crippen molar-refractivity contribution >= 4 is 17.9 Å². The van der Waals surface area contributed by atoms with Crippen LogP contribution in [0.25, 0.3) is 0 Å². The van der Waals surface area contributed by atoms with Gasteiger partial charge in [-0.15, -0.1) is 0 Å². The van der Waals surface area contributed by atoms with Crippen molar-refractivity contribution in [2.75, 3.05) is 13.2 Å². The van der Waals surface area contributed by atoms with E-state index in [0.29, 0.717) is 19.3 Å². The van der Waals surface area contributed by atoms with Crippen molar-refractivity contribution in [3.05, 3.63) is 0 Å². The quantitative estimate of drug-likeness (QED) is 0.0350. The van der Waals surface area contributed by atoms with Crippen LogP contribution in [0.5, 0.6) is 0 Å². The summed E-state index contributed by atoms with van der Waals surface area (Å²) < 4.78 is 16.6. The molecule has 0 N–H and O–H groups in total. The second-order valence-electron chi connectivity index (χ2n) is 17.1. The molecule has 1 unspecified atom stereocenters. The summed E-state index contributed by atoms with van der Waals surface area (Å²) in [6.07, 6.45) is 39.7. The first-order valence-electron chi connectivity index (χ1n) is 23.8. The second-order valence-corrected chi connectivity index (χ2v) is 17.1. The van der Waals surface area contributed by atoms with Crippen molar-refractivity contribution in [1.82, 2.24) is 0 Å². The number of esters is 3. The summed E-state index contributed by atoms with van der Waals surface area (Å²) >= 11 is 0. The van der Waals surface area contributed by atoms with E-state index in [-0.39, 0.29) is 31.1 Å². The maximum Gasteiger partial charge on any atom is 0.306 e. The third kappa shape index (κ3) is 40.1. The molecule has 0 aliphatic heterocycles. The molecule has 6 heteroatoms. The van der Waals surface area contributed by atoms with E-state index in [9.17, 15) is 14.4 Å². The summed E-state index contributed by atoms with van der Waals surface area (Å²) in [6.45, 7) is 11.3. The van der Waals surface area contributed by atoms with Crippen molar-refractivity contribution in [3.63, 3.8) is 0 Å². The fourth-order valence-corrected chi connectivity index (χ4v) is 7.07. The first-order chi connectivity index (χ1) is 26.3. The maximum atomic E-state index is 12.7. The van der Waals surface area contributed by atoms with Gasteiger partial charge in [0.1, 0.15) is 13.2 Å². The Morgan fingerprint density at radius 3 is 1.06 bits per heavy atom. The zero-order chi connectivity index (χ0) is 39.7. The van der Waals surface area contributed by atoms with Gasteiger partial charge in [-0.25, -0.2) is 0 Å². The van der Waals surface area contributed by atoms with Crippen molar-refractivity contribution in [3.8, 4) is 0 Å². The molecular weight excluding hydrogens is 673 g/mol. The Labute approximate surface area is 336 Å². The SMILES string of the molecule is CCCCCCCC(=O)OC[C@H](COC(=O)CCCCCCCCCCCCC(C)C)OC(=O)CCCCCCCCCCCCCCCCC(C)CC. The van der Waals surface area contributed by atoms with Crippen molar-refractivity contribution < 1.29 is 28.6 Å². The number of unbranched alkanes of at least 4 members (excludes halogenated alkanes) is 26. The molecule has 6 nitrogen and oxygen atoms in total. The largest absolute Gasteiger partial charge is 0.462 e. The monoisotopic (exact) mass is 765 g/mol. The Bertz CT molecular complexity index is 826. The molecule has 0 radical (unpaired) electrons. The van der Waals surface area contributed by atoms with Gasteiger partial charge in [0.15, 0.2) is 6.10 Å². The van der Waals surface area contributed by atoms with Gasteiger partial charge >= 0.3 is 17.9 Å². The standard InChI is InChI=1S/C48H92O6/c1-6-8-9-26-33-38-46(49)52-41-45(42-53-47(50)39-34-29-24-20-17-16-18-22-27-31-36-43(3)4)54-48(51)40-35-30-25-21-15-13-11-10-12-14-19-23-28-32-37-44(5)7-2/h43-45H,6-42H2,1-5H3/t44?,45-/m1/s1. The molecule has 0 rings (SSSR count). The third-order valence-electron chi connectivity index (χ3n) is 11.1. The number of carbonyl (C=O) groups is 3. The van der Waals surface area contributed by atoms with Gasteiger partial charge in [0.05, 0.1) is 0 Å². The zero-order valence-electron chi connectivity index (χ0n) is 36.8. The number of carbonyl (C=O) groups excluding carboxylic acids is 3. The highest BCUT2D eigenvalue weighted by Crippen LogP contribution is 2.17. The number of ether oxygens (including phenoxy) is 3. The topological polar surface area (TPSA) is 78.9 Å². The molecule has 0 aromatic heterocycles. The second kappa shape index (κ2) is 41.1. The average Bonchev–Trinajstić information content (AvgIpc) is 3.15. The third-order valence-corrected chi connectivity index (χ3v) is 11.1. The van der Waals surface area contributed by atoms with Gasteiger partial charge in [-0.1, -0.05) is 221 Å². The molecule has 2 atom stereocenters. The molecule has 0 aliphatic carbocycles. The molecule has 0 spiro atoms. The molecule has 0 amide bonds. The van der Waals surface area contributed by atoms with Crippen LogP contribution in [0.3, 0.4) is 0 Å². The van der Waals surface area contributed by atoms with E-state index in [1.807, 2.05) is 0 Å². The van der Waals surface area contributed by atoms with Gasteiger partial charge in [0.25, 0.3) is 0 Å². The van der Waals surface area contributed by atoms with E-state index in [2.05, 4.69) is 34.6 Å². The smallest absolute Gasteiger partial charge is 0.306 e. The summed E-state index contributed by atoms with van der Waals surface area (Å²) in [4.78, 5) is 37.5. The highest BCUT2D eigenvalue weighted by Gasteiger charge is 2.19. The molecule has 54 heavy (non-hydrogen) atoms. The summed E-state index contributed by atoms with van der Waals surface area (Å²) in [5.41, 5.74) is 0. The molecule has 0 fully saturated rings. The molecule has 320 valence electrons. The predicted octanol–water partition coefficient (Wildman–Crippen LogP) is 15.0. The van der Waals surface area contributed by atoms with Crippen molar-refractivity contribution in [2.24, 2.45) is 11.8 Å². The van der Waals surface area contributed by atoms with Crippen LogP contribution in [0.4, 0.5) is 0 Å². The maximum absolute atomic E-state index is 12.7. The van der Waals surface area contributed by atoms with Crippen LogP contribution in [-0.4, -0.2) is 37.2 Å². The first-order valence-corrected chi connectivity index (χ1v) is 23.8. The van der Waals surface area contributed by atoms with Crippen LogP contribution in [-0.2, 0) is 28.6 Å². The molecule has 0 aliphatic rings. The molecule has 0 heterocycles. The Morgan fingerprint density at radius 1 is 0.389 bits per heavy atom. The highest BCUT2D eigenvalue weighted by molar-refractivity contribution is 5.71. The highest BCUT2D eigenvalue weighted by atomic mass is 16.6. The van der Waals surface area contributed by atoms with E-state index in [4.69, 9.17) is 14.2 Å². The van der Waals surface area contributed by atoms with Crippen LogP contribution in [0, 0.1) is 11.8 Å². The van der Waals surface area contributed by atoms with Crippen LogP contribution in [0.1, 0.15) is 259 Å². The van der Waals surface area contributed by atoms with Crippen LogP contribution < -0.4 is 0 Å². The summed E-state index contributed by atoms with van der Waals surface area (Å²) in [5.74, 6) is 0.845. The van der Waals surface area contributed by atoms with Crippen LogP contribution >= 0.6 is 0 Å². The van der Waals surface area contributed by atoms with Gasteiger partial charge in [0.2, 0.25) is 0 Å². The van der Waals surface area contributed by atoms with E-state index >= 15 is 0 Å². The summed E-state index contributed by atoms with van der Waals surface area (Å²) in [5, 5.41) is 0. The molecular formula is C48H92O6. The Morgan fingerprint density at radius 2 is 0.704 bits per heavy atom. The van der Waals surface area contributed by atoms with Gasteiger partial charge in [0, 0.05) is 19.3 Å². The lowest BCUT2D eigenvalue weighted by atomic mass is 9.99. The fourth-order valence-electron chi connectivity index (χ4n) is 7.07. The normalized spacial score (nSPS) is 12.6. The van der Waals surface area contributed by atoms with Crippen LogP contribution in [0.2, 0.25) is 0 Å². The minimum Gasteiger partial charge on any atom is -0.462 e. The summed E-state index contributed by atoms with van der Waals surface area (Å²) in [6, 6.07) is 0. The zero-order valence-corrected chi connectivity index (χ0v) is 36.8. The van der Waals surface area contributed by atoms with Gasteiger partial charge in [-0.3, -0.25) is 14.4 Å². The summed E-state index contributed by atoms with van der Waals surface area (Å²) in [7, 11) is 0. The number of rotatable bonds is 42. The Kier molecular flexibility index (Phi) is 39.8. The Hall–Kier alpha value is -1.59. The molecule has 0 saturated heterocycles. The minimum absolute atomic E-state index is 0.0656. The fraction of sp³-hybridized carbons (Fsp3) is 0.938. The van der Waals surface area contributed by atoms with E-state index < -0.39 is 6.10 Å². The number of hydrogen-bond donors (Lipinski definition) is 0. The predicted molar refractivity (Wildman–Crippen MR) is 229 cm³/mol. The van der Waals surface area contributed by atoms with Gasteiger partial charge in [-0.05, 0) is 31.1 Å². The lowest BCUT2D eigenvalue weighted by molar-refractivity contribution is -0.167. The van der Waals surface area contributed by atoms with Crippen LogP contribution in [0.15, 0.2) is 0 Å². The van der Waals surface area contributed by atoms with Gasteiger partial charge in [-0.2, -0.15) is 0 Å².